The van der Waals surface area contributed by atoms with Crippen molar-refractivity contribution in [3.8, 4) is 11.5 Å². The number of hydrogen-bond donors (Lipinski definition) is 3. The number of phenols is 2. The van der Waals surface area contributed by atoms with Crippen LogP contribution in [0.15, 0.2) is 83.8 Å². The Kier molecular flexibility index (Phi) is 5.47. The van der Waals surface area contributed by atoms with Crippen molar-refractivity contribution in [2.45, 2.75) is 4.90 Å². The van der Waals surface area contributed by atoms with E-state index in [9.17, 15) is 23.4 Å². The molecule has 0 aromatic heterocycles. The Morgan fingerprint density at radius 2 is 1.46 bits per heavy atom. The predicted molar refractivity (Wildman–Crippen MR) is 107 cm³/mol. The van der Waals surface area contributed by atoms with Crippen molar-refractivity contribution >= 4 is 27.6 Å². The second-order valence-corrected chi connectivity index (χ2v) is 7.65. The number of aromatic hydroxyl groups is 2. The Balaban J connectivity index is 1.77. The van der Waals surface area contributed by atoms with E-state index in [4.69, 9.17) is 0 Å². The van der Waals surface area contributed by atoms with Crippen molar-refractivity contribution in [2.24, 2.45) is 0 Å². The topological polar surface area (TPSA) is 104 Å². The van der Waals surface area contributed by atoms with Gasteiger partial charge in [0.15, 0.2) is 5.78 Å². The van der Waals surface area contributed by atoms with Crippen LogP contribution in [0.5, 0.6) is 11.5 Å². The molecule has 28 heavy (non-hydrogen) atoms. The average Bonchev–Trinajstić information content (AvgIpc) is 2.67. The first kappa shape index (κ1) is 19.2. The van der Waals surface area contributed by atoms with Crippen LogP contribution in [0.1, 0.15) is 15.9 Å². The largest absolute Gasteiger partial charge is 0.508 e. The van der Waals surface area contributed by atoms with E-state index in [-0.39, 0.29) is 27.9 Å². The molecule has 6 nitrogen and oxygen atoms in total. The van der Waals surface area contributed by atoms with Gasteiger partial charge in [-0.2, -0.15) is 0 Å². The molecule has 0 spiro atoms. The molecule has 0 aliphatic heterocycles. The van der Waals surface area contributed by atoms with E-state index < -0.39 is 10.0 Å². The Morgan fingerprint density at radius 1 is 0.857 bits per heavy atom. The van der Waals surface area contributed by atoms with Crippen molar-refractivity contribution < 1.29 is 23.4 Å². The van der Waals surface area contributed by atoms with E-state index in [0.29, 0.717) is 5.56 Å². The second-order valence-electron chi connectivity index (χ2n) is 5.97. The fourth-order valence-corrected chi connectivity index (χ4v) is 3.48. The van der Waals surface area contributed by atoms with Crippen LogP contribution in [0.2, 0.25) is 0 Å². The summed E-state index contributed by atoms with van der Waals surface area (Å²) in [7, 11) is -3.85. The lowest BCUT2D eigenvalue weighted by Gasteiger charge is -2.09. The van der Waals surface area contributed by atoms with E-state index in [1.165, 1.54) is 48.5 Å². The molecule has 0 saturated heterocycles. The number of anilines is 1. The second kappa shape index (κ2) is 7.98. The minimum absolute atomic E-state index is 0.00532. The maximum Gasteiger partial charge on any atom is 0.261 e. The monoisotopic (exact) mass is 395 g/mol. The smallest absolute Gasteiger partial charge is 0.261 e. The number of allylic oxidation sites excluding steroid dienone is 1. The number of carbonyl (C=O) groups is 1. The minimum Gasteiger partial charge on any atom is -0.508 e. The molecule has 0 aliphatic rings. The molecule has 0 heterocycles. The quantitative estimate of drug-likeness (QED) is 0.435. The van der Waals surface area contributed by atoms with E-state index in [0.717, 1.165) is 5.56 Å². The van der Waals surface area contributed by atoms with Crippen LogP contribution in [0.3, 0.4) is 0 Å². The van der Waals surface area contributed by atoms with Crippen LogP contribution < -0.4 is 4.72 Å². The van der Waals surface area contributed by atoms with Gasteiger partial charge >= 0.3 is 0 Å². The maximum absolute atomic E-state index is 12.4. The van der Waals surface area contributed by atoms with Gasteiger partial charge in [-0.05, 0) is 60.2 Å². The van der Waals surface area contributed by atoms with Crippen LogP contribution in [0.4, 0.5) is 5.69 Å². The lowest BCUT2D eigenvalue weighted by atomic mass is 10.1. The normalized spacial score (nSPS) is 11.4. The van der Waals surface area contributed by atoms with Crippen LogP contribution >= 0.6 is 0 Å². The Hall–Kier alpha value is -3.58. The van der Waals surface area contributed by atoms with Gasteiger partial charge in [0.25, 0.3) is 10.0 Å². The van der Waals surface area contributed by atoms with E-state index in [2.05, 4.69) is 4.72 Å². The van der Waals surface area contributed by atoms with Gasteiger partial charge in [-0.25, -0.2) is 8.42 Å². The maximum atomic E-state index is 12.4. The molecule has 0 amide bonds. The summed E-state index contributed by atoms with van der Waals surface area (Å²) in [6, 6.07) is 17.7. The summed E-state index contributed by atoms with van der Waals surface area (Å²) in [5.74, 6) is -0.192. The highest BCUT2D eigenvalue weighted by Gasteiger charge is 2.14. The number of sulfonamides is 1. The third-order valence-corrected chi connectivity index (χ3v) is 5.26. The van der Waals surface area contributed by atoms with Crippen LogP contribution in [0, 0.1) is 0 Å². The van der Waals surface area contributed by atoms with Gasteiger partial charge in [-0.3, -0.25) is 9.52 Å². The van der Waals surface area contributed by atoms with E-state index in [1.807, 2.05) is 0 Å². The van der Waals surface area contributed by atoms with Gasteiger partial charge < -0.3 is 10.2 Å². The van der Waals surface area contributed by atoms with Crippen LogP contribution in [0.25, 0.3) is 6.08 Å². The molecule has 7 heteroatoms. The summed E-state index contributed by atoms with van der Waals surface area (Å²) in [6.07, 6.45) is 2.98. The van der Waals surface area contributed by atoms with Gasteiger partial charge in [0.1, 0.15) is 11.5 Å². The van der Waals surface area contributed by atoms with Crippen LogP contribution in [-0.4, -0.2) is 24.4 Å². The number of nitrogens with one attached hydrogen (secondary N) is 1. The van der Waals surface area contributed by atoms with Crippen molar-refractivity contribution in [1.82, 2.24) is 0 Å². The molecule has 142 valence electrons. The van der Waals surface area contributed by atoms with Crippen molar-refractivity contribution in [2.75, 3.05) is 4.72 Å². The highest BCUT2D eigenvalue weighted by atomic mass is 32.2. The molecule has 0 fully saturated rings. The van der Waals surface area contributed by atoms with Crippen molar-refractivity contribution in [3.63, 3.8) is 0 Å². The zero-order valence-electron chi connectivity index (χ0n) is 14.6. The molecule has 3 aromatic rings. The fraction of sp³-hybridized carbons (Fsp3) is 0. The van der Waals surface area contributed by atoms with E-state index in [1.54, 1.807) is 36.4 Å². The number of ketones is 1. The molecule has 0 saturated carbocycles. The lowest BCUT2D eigenvalue weighted by Crippen LogP contribution is -2.13. The summed E-state index contributed by atoms with van der Waals surface area (Å²) >= 11 is 0. The number of rotatable bonds is 6. The number of phenolic OH excluding ortho intramolecular Hbond substituents is 2. The first-order chi connectivity index (χ1) is 13.3. The molecular weight excluding hydrogens is 378 g/mol. The first-order valence-electron chi connectivity index (χ1n) is 8.27. The molecule has 0 atom stereocenters. The van der Waals surface area contributed by atoms with Crippen LogP contribution in [-0.2, 0) is 10.0 Å². The van der Waals surface area contributed by atoms with Gasteiger partial charge in [0.2, 0.25) is 0 Å². The third kappa shape index (κ3) is 4.77. The summed E-state index contributed by atoms with van der Waals surface area (Å²) in [5, 5.41) is 18.6. The van der Waals surface area contributed by atoms with Gasteiger partial charge in [0.05, 0.1) is 4.90 Å². The van der Waals surface area contributed by atoms with Gasteiger partial charge in [-0.1, -0.05) is 30.3 Å². The molecule has 3 N–H and O–H groups in total. The standard InChI is InChI=1S/C21H17NO5S/c23-18-7-4-15(5-8-18)6-13-21(25)16-2-1-3-17(14-16)22-28(26,27)20-11-9-19(24)10-12-20/h1-14,22-24H. The number of carbonyl (C=O) groups excluding carboxylic acids is 1. The molecule has 3 rings (SSSR count). The molecule has 0 bridgehead atoms. The Morgan fingerprint density at radius 3 is 2.11 bits per heavy atom. The summed E-state index contributed by atoms with van der Waals surface area (Å²) in [5.41, 5.74) is 1.31. The van der Waals surface area contributed by atoms with Crippen molar-refractivity contribution in [1.29, 1.82) is 0 Å². The zero-order chi connectivity index (χ0) is 20.1. The Labute approximate surface area is 162 Å². The molecule has 3 aromatic carbocycles. The van der Waals surface area contributed by atoms with Crippen molar-refractivity contribution in [3.05, 3.63) is 90.0 Å². The average molecular weight is 395 g/mol. The Bertz CT molecular complexity index is 1120. The molecule has 0 unspecified atom stereocenters. The predicted octanol–water partition coefficient (Wildman–Crippen LogP) is 3.79. The fourth-order valence-electron chi connectivity index (χ4n) is 2.43. The highest BCUT2D eigenvalue weighted by Crippen LogP contribution is 2.20. The molecule has 0 aliphatic carbocycles. The van der Waals surface area contributed by atoms with Gasteiger partial charge in [0, 0.05) is 11.3 Å². The van der Waals surface area contributed by atoms with Gasteiger partial charge in [-0.15, -0.1) is 0 Å². The van der Waals surface area contributed by atoms with E-state index >= 15 is 0 Å². The SMILES string of the molecule is O=C(C=Cc1ccc(O)cc1)c1cccc(NS(=O)(=O)c2ccc(O)cc2)c1. The number of benzene rings is 3. The zero-order valence-corrected chi connectivity index (χ0v) is 15.4. The number of hydrogen-bond acceptors (Lipinski definition) is 5. The summed E-state index contributed by atoms with van der Waals surface area (Å²) in [4.78, 5) is 12.4. The minimum atomic E-state index is -3.85. The molecule has 0 radical (unpaired) electrons. The highest BCUT2D eigenvalue weighted by molar-refractivity contribution is 7.92. The summed E-state index contributed by atoms with van der Waals surface area (Å²) < 4.78 is 27.3. The summed E-state index contributed by atoms with van der Waals surface area (Å²) in [6.45, 7) is 0. The molecular formula is C21H17NO5S. The third-order valence-electron chi connectivity index (χ3n) is 3.87. The first-order valence-corrected chi connectivity index (χ1v) is 9.75. The lowest BCUT2D eigenvalue weighted by molar-refractivity contribution is 0.104.